The molecular weight excluding hydrogens is 288 g/mol. The summed E-state index contributed by atoms with van der Waals surface area (Å²) in [6, 6.07) is 1.97. The van der Waals surface area contributed by atoms with Crippen LogP contribution in [0.1, 0.15) is 12.0 Å². The molecule has 0 spiro atoms. The summed E-state index contributed by atoms with van der Waals surface area (Å²) >= 11 is 6.17. The standard InChI is InChI=1S/C15H23ClN4O/c1-18(2)15(21)12-20-7-3-6-19(8-9-20)11-13-4-5-17-10-14(13)16/h4-5,10H,3,6-9,11-12H2,1-2H3. The van der Waals surface area contributed by atoms with Crippen molar-refractivity contribution < 1.29 is 4.79 Å². The van der Waals surface area contributed by atoms with Gasteiger partial charge in [-0.15, -0.1) is 0 Å². The van der Waals surface area contributed by atoms with E-state index in [0.29, 0.717) is 6.54 Å². The van der Waals surface area contributed by atoms with Gasteiger partial charge in [0.05, 0.1) is 11.6 Å². The van der Waals surface area contributed by atoms with Crippen LogP contribution in [0.3, 0.4) is 0 Å². The minimum Gasteiger partial charge on any atom is -0.348 e. The van der Waals surface area contributed by atoms with Crippen molar-refractivity contribution in [2.45, 2.75) is 13.0 Å². The van der Waals surface area contributed by atoms with Gasteiger partial charge in [0.1, 0.15) is 0 Å². The lowest BCUT2D eigenvalue weighted by molar-refractivity contribution is -0.129. The number of aromatic nitrogens is 1. The van der Waals surface area contributed by atoms with Crippen LogP contribution < -0.4 is 0 Å². The second-order valence-electron chi connectivity index (χ2n) is 5.66. The minimum atomic E-state index is 0.167. The third-order valence-electron chi connectivity index (χ3n) is 3.79. The molecule has 116 valence electrons. The molecule has 1 aromatic rings. The largest absolute Gasteiger partial charge is 0.348 e. The number of carbonyl (C=O) groups excluding carboxylic acids is 1. The molecule has 0 aliphatic carbocycles. The second kappa shape index (κ2) is 7.73. The van der Waals surface area contributed by atoms with E-state index in [1.54, 1.807) is 31.4 Å². The van der Waals surface area contributed by atoms with Crippen molar-refractivity contribution in [1.29, 1.82) is 0 Å². The Bertz CT molecular complexity index is 480. The Labute approximate surface area is 131 Å². The SMILES string of the molecule is CN(C)C(=O)CN1CCCN(Cc2ccncc2Cl)CC1. The second-order valence-corrected chi connectivity index (χ2v) is 6.07. The zero-order valence-electron chi connectivity index (χ0n) is 12.8. The number of pyridine rings is 1. The fourth-order valence-electron chi connectivity index (χ4n) is 2.45. The first-order chi connectivity index (χ1) is 10.1. The molecule has 1 aliphatic heterocycles. The van der Waals surface area contributed by atoms with E-state index in [1.807, 2.05) is 6.07 Å². The number of nitrogens with zero attached hydrogens (tertiary/aromatic N) is 4. The van der Waals surface area contributed by atoms with Gasteiger partial charge in [-0.05, 0) is 31.1 Å². The molecule has 0 saturated carbocycles. The highest BCUT2D eigenvalue weighted by Crippen LogP contribution is 2.16. The summed E-state index contributed by atoms with van der Waals surface area (Å²) in [5.41, 5.74) is 1.12. The molecule has 1 saturated heterocycles. The zero-order valence-corrected chi connectivity index (χ0v) is 13.5. The summed E-state index contributed by atoms with van der Waals surface area (Å²) in [6.45, 7) is 5.24. The van der Waals surface area contributed by atoms with Crippen molar-refractivity contribution in [2.75, 3.05) is 46.8 Å². The van der Waals surface area contributed by atoms with E-state index in [4.69, 9.17) is 11.6 Å². The van der Waals surface area contributed by atoms with E-state index < -0.39 is 0 Å². The van der Waals surface area contributed by atoms with Crippen LogP contribution in [-0.2, 0) is 11.3 Å². The molecule has 1 amide bonds. The van der Waals surface area contributed by atoms with Crippen LogP contribution in [0.2, 0.25) is 5.02 Å². The number of likely N-dealkylation sites (N-methyl/N-ethyl adjacent to an activating group) is 1. The maximum absolute atomic E-state index is 11.8. The summed E-state index contributed by atoms with van der Waals surface area (Å²) in [7, 11) is 3.61. The summed E-state index contributed by atoms with van der Waals surface area (Å²) < 4.78 is 0. The van der Waals surface area contributed by atoms with Crippen molar-refractivity contribution in [3.8, 4) is 0 Å². The van der Waals surface area contributed by atoms with Gasteiger partial charge in [0.15, 0.2) is 0 Å². The lowest BCUT2D eigenvalue weighted by Crippen LogP contribution is -2.38. The molecule has 0 radical (unpaired) electrons. The number of rotatable bonds is 4. The van der Waals surface area contributed by atoms with Crippen LogP contribution in [0, 0.1) is 0 Å². The van der Waals surface area contributed by atoms with Crippen LogP contribution >= 0.6 is 11.6 Å². The molecule has 1 fully saturated rings. The van der Waals surface area contributed by atoms with Gasteiger partial charge in [-0.2, -0.15) is 0 Å². The minimum absolute atomic E-state index is 0.167. The molecule has 0 atom stereocenters. The quantitative estimate of drug-likeness (QED) is 0.841. The molecule has 21 heavy (non-hydrogen) atoms. The molecule has 1 aromatic heterocycles. The molecule has 0 aromatic carbocycles. The Morgan fingerprint density at radius 1 is 1.29 bits per heavy atom. The fourth-order valence-corrected chi connectivity index (χ4v) is 2.63. The maximum Gasteiger partial charge on any atom is 0.236 e. The van der Waals surface area contributed by atoms with Crippen LogP contribution in [0.5, 0.6) is 0 Å². The third-order valence-corrected chi connectivity index (χ3v) is 4.13. The Morgan fingerprint density at radius 2 is 2.00 bits per heavy atom. The normalized spacial score (nSPS) is 17.5. The number of halogens is 1. The molecular formula is C15H23ClN4O. The van der Waals surface area contributed by atoms with Crippen molar-refractivity contribution >= 4 is 17.5 Å². The molecule has 6 heteroatoms. The lowest BCUT2D eigenvalue weighted by Gasteiger charge is -2.22. The first kappa shape index (κ1) is 16.2. The number of hydrogen-bond acceptors (Lipinski definition) is 4. The van der Waals surface area contributed by atoms with Gasteiger partial charge in [-0.1, -0.05) is 11.6 Å². The van der Waals surface area contributed by atoms with Crippen LogP contribution in [-0.4, -0.2) is 72.4 Å². The van der Waals surface area contributed by atoms with E-state index in [1.165, 1.54) is 0 Å². The highest BCUT2D eigenvalue weighted by molar-refractivity contribution is 6.31. The highest BCUT2D eigenvalue weighted by atomic mass is 35.5. The smallest absolute Gasteiger partial charge is 0.236 e. The first-order valence-corrected chi connectivity index (χ1v) is 7.67. The summed E-state index contributed by atoms with van der Waals surface area (Å²) in [5, 5.41) is 0.724. The van der Waals surface area contributed by atoms with Crippen molar-refractivity contribution in [2.24, 2.45) is 0 Å². The van der Waals surface area contributed by atoms with Crippen molar-refractivity contribution in [1.82, 2.24) is 19.7 Å². The Hall–Kier alpha value is -1.17. The molecule has 2 rings (SSSR count). The number of carbonyl (C=O) groups is 1. The molecule has 0 bridgehead atoms. The van der Waals surface area contributed by atoms with Gasteiger partial charge in [0, 0.05) is 46.1 Å². The maximum atomic E-state index is 11.8. The van der Waals surface area contributed by atoms with Crippen molar-refractivity contribution in [3.63, 3.8) is 0 Å². The Balaban J connectivity index is 1.86. The molecule has 5 nitrogen and oxygen atoms in total. The monoisotopic (exact) mass is 310 g/mol. The van der Waals surface area contributed by atoms with Crippen LogP contribution in [0.25, 0.3) is 0 Å². The third kappa shape index (κ3) is 4.95. The Morgan fingerprint density at radius 3 is 2.71 bits per heavy atom. The molecule has 0 N–H and O–H groups in total. The van der Waals surface area contributed by atoms with E-state index in [2.05, 4.69) is 14.8 Å². The molecule has 2 heterocycles. The highest BCUT2D eigenvalue weighted by Gasteiger charge is 2.18. The van der Waals surface area contributed by atoms with Crippen LogP contribution in [0.15, 0.2) is 18.5 Å². The predicted molar refractivity (Wildman–Crippen MR) is 84.3 cm³/mol. The summed E-state index contributed by atoms with van der Waals surface area (Å²) in [5.74, 6) is 0.167. The average Bonchev–Trinajstić information content (AvgIpc) is 2.67. The molecule has 1 aliphatic rings. The van der Waals surface area contributed by atoms with Gasteiger partial charge in [0.2, 0.25) is 5.91 Å². The Kier molecular flexibility index (Phi) is 5.96. The number of amides is 1. The zero-order chi connectivity index (χ0) is 15.2. The predicted octanol–water partition coefficient (Wildman–Crippen LogP) is 1.33. The molecule has 0 unspecified atom stereocenters. The average molecular weight is 311 g/mol. The van der Waals surface area contributed by atoms with E-state index in [0.717, 1.165) is 49.7 Å². The number of hydrogen-bond donors (Lipinski definition) is 0. The summed E-state index contributed by atoms with van der Waals surface area (Å²) in [6.07, 6.45) is 4.54. The lowest BCUT2D eigenvalue weighted by atomic mass is 10.2. The first-order valence-electron chi connectivity index (χ1n) is 7.29. The van der Waals surface area contributed by atoms with E-state index in [9.17, 15) is 4.79 Å². The van der Waals surface area contributed by atoms with E-state index in [-0.39, 0.29) is 5.91 Å². The van der Waals surface area contributed by atoms with Gasteiger partial charge < -0.3 is 4.90 Å². The topological polar surface area (TPSA) is 39.7 Å². The van der Waals surface area contributed by atoms with Gasteiger partial charge in [-0.3, -0.25) is 19.6 Å². The fraction of sp³-hybridized carbons (Fsp3) is 0.600. The van der Waals surface area contributed by atoms with Crippen LogP contribution in [0.4, 0.5) is 0 Å². The van der Waals surface area contributed by atoms with Crippen molar-refractivity contribution in [3.05, 3.63) is 29.0 Å². The van der Waals surface area contributed by atoms with Gasteiger partial charge in [-0.25, -0.2) is 0 Å². The van der Waals surface area contributed by atoms with Gasteiger partial charge >= 0.3 is 0 Å². The summed E-state index contributed by atoms with van der Waals surface area (Å²) in [4.78, 5) is 22.1. The van der Waals surface area contributed by atoms with Gasteiger partial charge in [0.25, 0.3) is 0 Å². The van der Waals surface area contributed by atoms with E-state index >= 15 is 0 Å².